The molecule has 2 atom stereocenters. The quantitative estimate of drug-likeness (QED) is 0.767. The first kappa shape index (κ1) is 11.4. The molecule has 0 spiro atoms. The fraction of sp³-hybridized carbons (Fsp3) is 1.00. The zero-order valence-electron chi connectivity index (χ0n) is 10.3. The monoisotopic (exact) mass is 210 g/mol. The third-order valence-corrected chi connectivity index (χ3v) is 4.00. The summed E-state index contributed by atoms with van der Waals surface area (Å²) in [6.07, 6.45) is 5.59. The van der Waals surface area contributed by atoms with Crippen LogP contribution in [0.5, 0.6) is 0 Å². The lowest BCUT2D eigenvalue weighted by molar-refractivity contribution is 0.110. The Morgan fingerprint density at radius 1 is 1.33 bits per heavy atom. The molecule has 2 nitrogen and oxygen atoms in total. The van der Waals surface area contributed by atoms with Crippen LogP contribution in [0.15, 0.2) is 0 Å². The maximum Gasteiger partial charge on any atom is 0.0120 e. The Kier molecular flexibility index (Phi) is 4.04. The van der Waals surface area contributed by atoms with Crippen LogP contribution >= 0.6 is 0 Å². The summed E-state index contributed by atoms with van der Waals surface area (Å²) in [5, 5.41) is 3.68. The van der Waals surface area contributed by atoms with Gasteiger partial charge >= 0.3 is 0 Å². The van der Waals surface area contributed by atoms with Gasteiger partial charge in [0.2, 0.25) is 0 Å². The van der Waals surface area contributed by atoms with Crippen LogP contribution < -0.4 is 5.32 Å². The topological polar surface area (TPSA) is 15.3 Å². The van der Waals surface area contributed by atoms with Crippen LogP contribution in [0, 0.1) is 11.8 Å². The van der Waals surface area contributed by atoms with Crippen molar-refractivity contribution >= 4 is 0 Å². The molecule has 0 aliphatic carbocycles. The first-order chi connectivity index (χ1) is 7.25. The summed E-state index contributed by atoms with van der Waals surface area (Å²) in [4.78, 5) is 2.69. The van der Waals surface area contributed by atoms with Crippen LogP contribution in [0.1, 0.15) is 39.5 Å². The van der Waals surface area contributed by atoms with Crippen molar-refractivity contribution in [3.8, 4) is 0 Å². The van der Waals surface area contributed by atoms with Crippen LogP contribution in [0.2, 0.25) is 0 Å². The first-order valence-corrected chi connectivity index (χ1v) is 6.71. The molecule has 0 radical (unpaired) electrons. The summed E-state index contributed by atoms with van der Waals surface area (Å²) in [6.45, 7) is 9.91. The molecule has 0 aromatic rings. The molecule has 0 saturated carbocycles. The first-order valence-electron chi connectivity index (χ1n) is 6.71. The normalized spacial score (nSPS) is 33.0. The molecule has 2 aliphatic rings. The molecule has 0 aromatic carbocycles. The third-order valence-electron chi connectivity index (χ3n) is 4.00. The number of hydrogen-bond donors (Lipinski definition) is 1. The highest BCUT2D eigenvalue weighted by Gasteiger charge is 2.30. The van der Waals surface area contributed by atoms with Crippen molar-refractivity contribution < 1.29 is 0 Å². The van der Waals surface area contributed by atoms with E-state index >= 15 is 0 Å². The molecule has 2 unspecified atom stereocenters. The highest BCUT2D eigenvalue weighted by atomic mass is 15.1. The van der Waals surface area contributed by atoms with Crippen LogP contribution in [0.3, 0.4) is 0 Å². The molecule has 2 fully saturated rings. The molecule has 0 amide bonds. The zero-order valence-corrected chi connectivity index (χ0v) is 10.3. The number of fused-ring (bicyclic) bond motifs is 1. The van der Waals surface area contributed by atoms with E-state index in [1.54, 1.807) is 0 Å². The standard InChI is InChI=1S/C13H26N2/c1-11(2)5-8-15-9-6-13-12(10-15)4-3-7-14-13/h11-14H,3-10H2,1-2H3. The van der Waals surface area contributed by atoms with Gasteiger partial charge in [-0.1, -0.05) is 13.8 Å². The van der Waals surface area contributed by atoms with Crippen molar-refractivity contribution in [1.82, 2.24) is 10.2 Å². The van der Waals surface area contributed by atoms with Crippen LogP contribution in [0.25, 0.3) is 0 Å². The Labute approximate surface area is 94.4 Å². The Balaban J connectivity index is 1.75. The molecule has 2 saturated heterocycles. The van der Waals surface area contributed by atoms with Crippen molar-refractivity contribution in [2.45, 2.75) is 45.6 Å². The van der Waals surface area contributed by atoms with Gasteiger partial charge in [0.25, 0.3) is 0 Å². The van der Waals surface area contributed by atoms with Crippen LogP contribution in [-0.2, 0) is 0 Å². The van der Waals surface area contributed by atoms with E-state index in [4.69, 9.17) is 0 Å². The van der Waals surface area contributed by atoms with Crippen molar-refractivity contribution in [3.63, 3.8) is 0 Å². The average molecular weight is 210 g/mol. The lowest BCUT2D eigenvalue weighted by Crippen LogP contribution is -2.52. The Bertz CT molecular complexity index is 191. The van der Waals surface area contributed by atoms with Gasteiger partial charge < -0.3 is 10.2 Å². The summed E-state index contributed by atoms with van der Waals surface area (Å²) in [7, 11) is 0. The van der Waals surface area contributed by atoms with E-state index in [2.05, 4.69) is 24.1 Å². The van der Waals surface area contributed by atoms with Crippen molar-refractivity contribution in [2.24, 2.45) is 11.8 Å². The number of hydrogen-bond acceptors (Lipinski definition) is 2. The molecule has 0 aromatic heterocycles. The van der Waals surface area contributed by atoms with Gasteiger partial charge in [-0.05, 0) is 57.2 Å². The average Bonchev–Trinajstić information content (AvgIpc) is 2.26. The molecule has 2 heterocycles. The van der Waals surface area contributed by atoms with Gasteiger partial charge in [-0.15, -0.1) is 0 Å². The van der Waals surface area contributed by atoms with Gasteiger partial charge in [0.1, 0.15) is 0 Å². The van der Waals surface area contributed by atoms with Crippen molar-refractivity contribution in [1.29, 1.82) is 0 Å². The summed E-state index contributed by atoms with van der Waals surface area (Å²) >= 11 is 0. The van der Waals surface area contributed by atoms with E-state index in [1.807, 2.05) is 0 Å². The highest BCUT2D eigenvalue weighted by molar-refractivity contribution is 4.88. The van der Waals surface area contributed by atoms with Crippen molar-refractivity contribution in [3.05, 3.63) is 0 Å². The summed E-state index contributed by atoms with van der Waals surface area (Å²) in [6, 6.07) is 0.842. The van der Waals surface area contributed by atoms with E-state index in [9.17, 15) is 0 Å². The number of likely N-dealkylation sites (tertiary alicyclic amines) is 1. The summed E-state index contributed by atoms with van der Waals surface area (Å²) < 4.78 is 0. The van der Waals surface area contributed by atoms with Gasteiger partial charge in [-0.25, -0.2) is 0 Å². The third kappa shape index (κ3) is 3.18. The van der Waals surface area contributed by atoms with Crippen molar-refractivity contribution in [2.75, 3.05) is 26.2 Å². The smallest absolute Gasteiger partial charge is 0.0120 e. The Morgan fingerprint density at radius 2 is 2.20 bits per heavy atom. The lowest BCUT2D eigenvalue weighted by atomic mass is 9.85. The minimum Gasteiger partial charge on any atom is -0.314 e. The second-order valence-electron chi connectivity index (χ2n) is 5.73. The van der Waals surface area contributed by atoms with Gasteiger partial charge in [0.15, 0.2) is 0 Å². The second kappa shape index (κ2) is 5.31. The largest absolute Gasteiger partial charge is 0.314 e. The number of nitrogens with zero attached hydrogens (tertiary/aromatic N) is 1. The molecule has 0 bridgehead atoms. The second-order valence-corrected chi connectivity index (χ2v) is 5.73. The van der Waals surface area contributed by atoms with Gasteiger partial charge in [0, 0.05) is 12.6 Å². The molecule has 1 N–H and O–H groups in total. The summed E-state index contributed by atoms with van der Waals surface area (Å²) in [5.74, 6) is 1.80. The van der Waals surface area contributed by atoms with E-state index in [1.165, 1.54) is 51.9 Å². The number of rotatable bonds is 3. The van der Waals surface area contributed by atoms with E-state index in [-0.39, 0.29) is 0 Å². The lowest BCUT2D eigenvalue weighted by Gasteiger charge is -2.42. The summed E-state index contributed by atoms with van der Waals surface area (Å²) in [5.41, 5.74) is 0. The predicted molar refractivity (Wildman–Crippen MR) is 65.0 cm³/mol. The zero-order chi connectivity index (χ0) is 10.7. The molecule has 88 valence electrons. The fourth-order valence-electron chi connectivity index (χ4n) is 2.96. The molecule has 2 aliphatic heterocycles. The van der Waals surface area contributed by atoms with E-state index in [0.717, 1.165) is 17.9 Å². The molecular weight excluding hydrogens is 184 g/mol. The maximum absolute atomic E-state index is 3.68. The molecule has 2 heteroatoms. The Hall–Kier alpha value is -0.0800. The fourth-order valence-corrected chi connectivity index (χ4v) is 2.96. The van der Waals surface area contributed by atoms with E-state index in [0.29, 0.717) is 0 Å². The van der Waals surface area contributed by atoms with Gasteiger partial charge in [-0.2, -0.15) is 0 Å². The van der Waals surface area contributed by atoms with Gasteiger partial charge in [0.05, 0.1) is 0 Å². The highest BCUT2D eigenvalue weighted by Crippen LogP contribution is 2.25. The van der Waals surface area contributed by atoms with E-state index < -0.39 is 0 Å². The SMILES string of the molecule is CC(C)CCN1CCC2NCCCC2C1. The van der Waals surface area contributed by atoms with Gasteiger partial charge in [-0.3, -0.25) is 0 Å². The van der Waals surface area contributed by atoms with Crippen LogP contribution in [0.4, 0.5) is 0 Å². The Morgan fingerprint density at radius 3 is 3.00 bits per heavy atom. The van der Waals surface area contributed by atoms with Crippen LogP contribution in [-0.4, -0.2) is 37.1 Å². The number of piperidine rings is 2. The predicted octanol–water partition coefficient (Wildman–Crippen LogP) is 2.11. The minimum absolute atomic E-state index is 0.842. The molecule has 2 rings (SSSR count). The molecular formula is C13H26N2. The number of nitrogens with one attached hydrogen (secondary N) is 1. The minimum atomic E-state index is 0.842. The molecule has 15 heavy (non-hydrogen) atoms. The maximum atomic E-state index is 3.68.